The molecule has 2 aromatic rings. The zero-order valence-corrected chi connectivity index (χ0v) is 8.91. The van der Waals surface area contributed by atoms with Gasteiger partial charge in [0.1, 0.15) is 0 Å². The molecule has 0 radical (unpaired) electrons. The average molecular weight is 207 g/mol. The Morgan fingerprint density at radius 1 is 1.54 bits per heavy atom. The van der Waals surface area contributed by atoms with Gasteiger partial charge in [0.05, 0.1) is 10.2 Å². The molecule has 0 spiro atoms. The molecule has 13 heavy (non-hydrogen) atoms. The van der Waals surface area contributed by atoms with E-state index < -0.39 is 0 Å². The first kappa shape index (κ1) is 8.78. The summed E-state index contributed by atoms with van der Waals surface area (Å²) in [5, 5.41) is 1.81. The van der Waals surface area contributed by atoms with E-state index in [1.165, 1.54) is 10.3 Å². The van der Waals surface area contributed by atoms with Crippen LogP contribution in [0.3, 0.4) is 0 Å². The second kappa shape index (κ2) is 3.52. The Morgan fingerprint density at radius 3 is 3.15 bits per heavy atom. The van der Waals surface area contributed by atoms with Crippen molar-refractivity contribution < 1.29 is 0 Å². The highest BCUT2D eigenvalue weighted by molar-refractivity contribution is 8.03. The van der Waals surface area contributed by atoms with Gasteiger partial charge < -0.3 is 0 Å². The number of rotatable bonds is 2. The quantitative estimate of drug-likeness (QED) is 0.694. The van der Waals surface area contributed by atoms with E-state index in [0.717, 1.165) is 9.86 Å². The molecule has 0 unspecified atom stereocenters. The van der Waals surface area contributed by atoms with E-state index in [1.54, 1.807) is 23.1 Å². The Bertz CT molecular complexity index is 445. The summed E-state index contributed by atoms with van der Waals surface area (Å²) in [6.45, 7) is 5.76. The van der Waals surface area contributed by atoms with Crippen LogP contribution in [0, 0.1) is 6.92 Å². The molecule has 0 atom stereocenters. The summed E-state index contributed by atoms with van der Waals surface area (Å²) in [5.74, 6) is 0. The fraction of sp³-hybridized carbons (Fsp3) is 0.100. The highest BCUT2D eigenvalue weighted by atomic mass is 32.2. The van der Waals surface area contributed by atoms with Gasteiger partial charge in [-0.2, -0.15) is 0 Å². The normalized spacial score (nSPS) is 10.5. The van der Waals surface area contributed by atoms with Gasteiger partial charge in [0.2, 0.25) is 0 Å². The number of thiazole rings is 1. The van der Waals surface area contributed by atoms with Crippen molar-refractivity contribution in [1.82, 2.24) is 4.98 Å². The number of fused-ring (bicyclic) bond motifs is 1. The standard InChI is InChI=1S/C10H9NS2/c1-3-12-10-11-8-6-7(2)4-5-9(8)13-10/h3-6H,1H2,2H3. The molecule has 2 rings (SSSR count). The molecule has 0 aliphatic carbocycles. The lowest BCUT2D eigenvalue weighted by Crippen LogP contribution is -1.71. The summed E-state index contributed by atoms with van der Waals surface area (Å²) in [6, 6.07) is 6.34. The van der Waals surface area contributed by atoms with Crippen molar-refractivity contribution in [3.05, 3.63) is 35.7 Å². The topological polar surface area (TPSA) is 12.9 Å². The first-order valence-electron chi connectivity index (χ1n) is 3.94. The summed E-state index contributed by atoms with van der Waals surface area (Å²) >= 11 is 3.29. The molecule has 0 fully saturated rings. The molecular formula is C10H9NS2. The first-order chi connectivity index (χ1) is 6.29. The first-order valence-corrected chi connectivity index (χ1v) is 5.64. The van der Waals surface area contributed by atoms with Crippen LogP contribution in [-0.4, -0.2) is 4.98 Å². The maximum atomic E-state index is 4.47. The zero-order chi connectivity index (χ0) is 9.26. The molecule has 3 heteroatoms. The van der Waals surface area contributed by atoms with Crippen molar-refractivity contribution in [3.8, 4) is 0 Å². The Hall–Kier alpha value is -0.800. The van der Waals surface area contributed by atoms with Gasteiger partial charge in [-0.15, -0.1) is 11.3 Å². The number of aromatic nitrogens is 1. The number of hydrogen-bond acceptors (Lipinski definition) is 3. The van der Waals surface area contributed by atoms with Gasteiger partial charge in [0, 0.05) is 0 Å². The maximum absolute atomic E-state index is 4.47. The molecule has 1 nitrogen and oxygen atoms in total. The molecule has 1 aromatic carbocycles. The summed E-state index contributed by atoms with van der Waals surface area (Å²) < 4.78 is 2.31. The Kier molecular flexibility index (Phi) is 2.38. The van der Waals surface area contributed by atoms with Crippen LogP contribution in [0.2, 0.25) is 0 Å². The van der Waals surface area contributed by atoms with E-state index in [0.29, 0.717) is 0 Å². The van der Waals surface area contributed by atoms with Crippen molar-refractivity contribution >= 4 is 33.3 Å². The molecule has 0 saturated carbocycles. The van der Waals surface area contributed by atoms with Crippen molar-refractivity contribution in [1.29, 1.82) is 0 Å². The SMILES string of the molecule is C=CSc1nc2cc(C)ccc2s1. The van der Waals surface area contributed by atoms with Crippen molar-refractivity contribution in [2.24, 2.45) is 0 Å². The van der Waals surface area contributed by atoms with E-state index in [4.69, 9.17) is 0 Å². The lowest BCUT2D eigenvalue weighted by molar-refractivity contribution is 1.30. The summed E-state index contributed by atoms with van der Waals surface area (Å²) in [5.41, 5.74) is 2.35. The van der Waals surface area contributed by atoms with Gasteiger partial charge in [-0.25, -0.2) is 4.98 Å². The third-order valence-electron chi connectivity index (χ3n) is 1.71. The number of nitrogens with zero attached hydrogens (tertiary/aromatic N) is 1. The minimum Gasteiger partial charge on any atom is -0.229 e. The van der Waals surface area contributed by atoms with Crippen LogP contribution in [0.4, 0.5) is 0 Å². The van der Waals surface area contributed by atoms with Crippen LogP contribution in [0.5, 0.6) is 0 Å². The maximum Gasteiger partial charge on any atom is 0.155 e. The van der Waals surface area contributed by atoms with Gasteiger partial charge in [0.15, 0.2) is 4.34 Å². The van der Waals surface area contributed by atoms with Crippen LogP contribution < -0.4 is 0 Å². The summed E-state index contributed by atoms with van der Waals surface area (Å²) in [6.07, 6.45) is 0. The third-order valence-corrected chi connectivity index (χ3v) is 3.54. The number of aryl methyl sites for hydroxylation is 1. The minimum atomic E-state index is 1.07. The number of hydrogen-bond donors (Lipinski definition) is 0. The lowest BCUT2D eigenvalue weighted by Gasteiger charge is -1.88. The monoisotopic (exact) mass is 207 g/mol. The van der Waals surface area contributed by atoms with Crippen LogP contribution in [0.15, 0.2) is 34.5 Å². The second-order valence-corrected chi connectivity index (χ2v) is 4.98. The molecule has 0 amide bonds. The highest BCUT2D eigenvalue weighted by Crippen LogP contribution is 2.29. The molecule has 0 aliphatic heterocycles. The van der Waals surface area contributed by atoms with Gasteiger partial charge >= 0.3 is 0 Å². The van der Waals surface area contributed by atoms with Crippen LogP contribution in [0.25, 0.3) is 10.2 Å². The Balaban J connectivity index is 2.55. The second-order valence-electron chi connectivity index (χ2n) is 2.74. The van der Waals surface area contributed by atoms with Gasteiger partial charge in [0.25, 0.3) is 0 Å². The molecule has 0 saturated heterocycles. The van der Waals surface area contributed by atoms with Crippen LogP contribution in [0.1, 0.15) is 5.56 Å². The van der Waals surface area contributed by atoms with Crippen LogP contribution >= 0.6 is 23.1 Å². The van der Waals surface area contributed by atoms with Crippen molar-refractivity contribution in [3.63, 3.8) is 0 Å². The van der Waals surface area contributed by atoms with Crippen molar-refractivity contribution in [2.75, 3.05) is 0 Å². The molecule has 66 valence electrons. The van der Waals surface area contributed by atoms with Gasteiger partial charge in [-0.3, -0.25) is 0 Å². The summed E-state index contributed by atoms with van der Waals surface area (Å²) in [7, 11) is 0. The molecule has 1 heterocycles. The average Bonchev–Trinajstić information content (AvgIpc) is 2.46. The van der Waals surface area contributed by atoms with E-state index in [2.05, 4.69) is 36.7 Å². The molecule has 0 bridgehead atoms. The summed E-state index contributed by atoms with van der Waals surface area (Å²) in [4.78, 5) is 4.47. The lowest BCUT2D eigenvalue weighted by atomic mass is 10.2. The number of thioether (sulfide) groups is 1. The van der Waals surface area contributed by atoms with Gasteiger partial charge in [-0.05, 0) is 30.0 Å². The Morgan fingerprint density at radius 2 is 2.38 bits per heavy atom. The molecule has 0 N–H and O–H groups in total. The van der Waals surface area contributed by atoms with E-state index in [1.807, 2.05) is 5.41 Å². The minimum absolute atomic E-state index is 1.07. The third kappa shape index (κ3) is 1.76. The highest BCUT2D eigenvalue weighted by Gasteiger charge is 2.01. The van der Waals surface area contributed by atoms with Crippen molar-refractivity contribution in [2.45, 2.75) is 11.3 Å². The predicted octanol–water partition coefficient (Wildman–Crippen LogP) is 3.84. The Labute approximate surface area is 85.5 Å². The van der Waals surface area contributed by atoms with E-state index in [9.17, 15) is 0 Å². The van der Waals surface area contributed by atoms with Crippen LogP contribution in [-0.2, 0) is 0 Å². The largest absolute Gasteiger partial charge is 0.229 e. The number of benzene rings is 1. The molecular weight excluding hydrogens is 198 g/mol. The van der Waals surface area contributed by atoms with E-state index >= 15 is 0 Å². The molecule has 0 aliphatic rings. The predicted molar refractivity (Wildman–Crippen MR) is 60.4 cm³/mol. The zero-order valence-electron chi connectivity index (χ0n) is 7.28. The smallest absolute Gasteiger partial charge is 0.155 e. The molecule has 1 aromatic heterocycles. The van der Waals surface area contributed by atoms with Gasteiger partial charge in [-0.1, -0.05) is 24.4 Å². The fourth-order valence-electron chi connectivity index (χ4n) is 1.14. The fourth-order valence-corrected chi connectivity index (χ4v) is 2.77. The van der Waals surface area contributed by atoms with E-state index in [-0.39, 0.29) is 0 Å².